The second-order valence-electron chi connectivity index (χ2n) is 6.97. The molecule has 1 aromatic carbocycles. The van der Waals surface area contributed by atoms with Crippen LogP contribution in [0.4, 0.5) is 4.39 Å². The molecule has 1 aliphatic rings. The number of ether oxygens (including phenoxy) is 1. The van der Waals surface area contributed by atoms with E-state index in [1.54, 1.807) is 35.4 Å². The molecule has 3 aromatic rings. The average molecular weight is 396 g/mol. The Bertz CT molecular complexity index is 990. The fraction of sp³-hybridized carbons (Fsp3) is 0.333. The summed E-state index contributed by atoms with van der Waals surface area (Å²) in [6.07, 6.45) is 2.93. The lowest BCUT2D eigenvalue weighted by atomic mass is 10.1. The molecular formula is C21H21FN4O3. The van der Waals surface area contributed by atoms with E-state index in [0.29, 0.717) is 49.1 Å². The van der Waals surface area contributed by atoms with E-state index in [1.165, 1.54) is 12.1 Å². The van der Waals surface area contributed by atoms with Crippen LogP contribution in [0.15, 0.2) is 47.1 Å². The van der Waals surface area contributed by atoms with Crippen LogP contribution in [0.5, 0.6) is 5.75 Å². The van der Waals surface area contributed by atoms with Crippen LogP contribution in [0.2, 0.25) is 0 Å². The quantitative estimate of drug-likeness (QED) is 0.637. The summed E-state index contributed by atoms with van der Waals surface area (Å²) >= 11 is 0. The third-order valence-corrected chi connectivity index (χ3v) is 4.95. The Balaban J connectivity index is 1.31. The fourth-order valence-corrected chi connectivity index (χ4v) is 3.35. The molecule has 8 heteroatoms. The molecule has 29 heavy (non-hydrogen) atoms. The second kappa shape index (κ2) is 8.38. The normalized spacial score (nSPS) is 16.2. The van der Waals surface area contributed by atoms with Gasteiger partial charge in [0.15, 0.2) is 5.82 Å². The van der Waals surface area contributed by atoms with Crippen molar-refractivity contribution in [2.24, 2.45) is 0 Å². The first-order chi connectivity index (χ1) is 14.1. The van der Waals surface area contributed by atoms with E-state index in [4.69, 9.17) is 9.26 Å². The van der Waals surface area contributed by atoms with Crippen LogP contribution in [-0.4, -0.2) is 45.6 Å². The molecule has 2 aromatic heterocycles. The molecule has 0 radical (unpaired) electrons. The minimum absolute atomic E-state index is 0.0227. The third kappa shape index (κ3) is 4.42. The summed E-state index contributed by atoms with van der Waals surface area (Å²) in [5.41, 5.74) is 1.35. The van der Waals surface area contributed by atoms with Gasteiger partial charge in [-0.15, -0.1) is 0 Å². The van der Waals surface area contributed by atoms with Crippen molar-refractivity contribution in [2.45, 2.75) is 25.7 Å². The van der Waals surface area contributed by atoms with Crippen molar-refractivity contribution >= 4 is 5.91 Å². The van der Waals surface area contributed by atoms with Gasteiger partial charge >= 0.3 is 0 Å². The second-order valence-corrected chi connectivity index (χ2v) is 6.97. The van der Waals surface area contributed by atoms with E-state index in [-0.39, 0.29) is 17.6 Å². The summed E-state index contributed by atoms with van der Waals surface area (Å²) in [7, 11) is 0. The minimum Gasteiger partial charge on any atom is -0.493 e. The number of rotatable bonds is 6. The third-order valence-electron chi connectivity index (χ3n) is 4.95. The molecule has 0 bridgehead atoms. The molecule has 1 saturated heterocycles. The molecule has 1 unspecified atom stereocenters. The first-order valence-corrected chi connectivity index (χ1v) is 9.52. The maximum atomic E-state index is 12.9. The lowest BCUT2D eigenvalue weighted by molar-refractivity contribution is 0.0788. The fourth-order valence-electron chi connectivity index (χ4n) is 3.35. The molecule has 0 N–H and O–H groups in total. The minimum atomic E-state index is -0.303. The van der Waals surface area contributed by atoms with Gasteiger partial charge in [-0.25, -0.2) is 4.39 Å². The summed E-state index contributed by atoms with van der Waals surface area (Å²) in [6, 6.07) is 9.41. The molecule has 1 amide bonds. The number of hydrogen-bond donors (Lipinski definition) is 0. The predicted octanol–water partition coefficient (Wildman–Crippen LogP) is 3.16. The van der Waals surface area contributed by atoms with Crippen molar-refractivity contribution in [2.75, 3.05) is 19.7 Å². The number of amides is 1. The van der Waals surface area contributed by atoms with Gasteiger partial charge in [0.2, 0.25) is 5.89 Å². The number of carbonyl (C=O) groups excluding carboxylic acids is 1. The largest absolute Gasteiger partial charge is 0.493 e. The Kier molecular flexibility index (Phi) is 5.50. The Hall–Kier alpha value is -3.29. The highest BCUT2D eigenvalue weighted by Crippen LogP contribution is 2.27. The Labute approximate surface area is 167 Å². The average Bonchev–Trinajstić information content (AvgIpc) is 3.39. The lowest BCUT2D eigenvalue weighted by Crippen LogP contribution is -2.29. The number of hydrogen-bond acceptors (Lipinski definition) is 6. The van der Waals surface area contributed by atoms with E-state index < -0.39 is 0 Å². The Morgan fingerprint density at radius 3 is 2.93 bits per heavy atom. The topological polar surface area (TPSA) is 81.4 Å². The van der Waals surface area contributed by atoms with Gasteiger partial charge in [0.05, 0.1) is 18.1 Å². The van der Waals surface area contributed by atoms with E-state index >= 15 is 0 Å². The molecule has 0 saturated carbocycles. The number of pyridine rings is 1. The zero-order valence-corrected chi connectivity index (χ0v) is 16.0. The standard InChI is InChI=1S/C21H21FN4O3/c1-14-18(3-2-10-23-14)21(27)26-11-8-15(13-26)20-24-19(25-29-20)9-12-28-17-6-4-16(22)5-7-17/h2-7,10,15H,8-9,11-13H2,1H3. The molecule has 150 valence electrons. The molecule has 3 heterocycles. The van der Waals surface area contributed by atoms with E-state index in [9.17, 15) is 9.18 Å². The molecule has 1 fully saturated rings. The molecule has 4 rings (SSSR count). The van der Waals surface area contributed by atoms with E-state index in [2.05, 4.69) is 15.1 Å². The molecule has 1 atom stereocenters. The summed E-state index contributed by atoms with van der Waals surface area (Å²) in [4.78, 5) is 23.2. The van der Waals surface area contributed by atoms with Crippen LogP contribution in [0.1, 0.15) is 40.1 Å². The first kappa shape index (κ1) is 19.0. The Morgan fingerprint density at radius 2 is 2.14 bits per heavy atom. The molecule has 0 aliphatic carbocycles. The molecule has 7 nitrogen and oxygen atoms in total. The highest BCUT2D eigenvalue weighted by Gasteiger charge is 2.32. The van der Waals surface area contributed by atoms with Crippen LogP contribution in [0.25, 0.3) is 0 Å². The molecule has 1 aliphatic heterocycles. The van der Waals surface area contributed by atoms with Crippen LogP contribution < -0.4 is 4.74 Å². The number of carbonyl (C=O) groups is 1. The van der Waals surface area contributed by atoms with Crippen molar-refractivity contribution in [3.05, 3.63) is 71.4 Å². The summed E-state index contributed by atoms with van der Waals surface area (Å²) in [5.74, 6) is 1.38. The van der Waals surface area contributed by atoms with Crippen molar-refractivity contribution in [3.8, 4) is 5.75 Å². The van der Waals surface area contributed by atoms with E-state index in [1.807, 2.05) is 6.92 Å². The molecule has 0 spiro atoms. The monoisotopic (exact) mass is 396 g/mol. The zero-order valence-electron chi connectivity index (χ0n) is 16.0. The highest BCUT2D eigenvalue weighted by molar-refractivity contribution is 5.95. The van der Waals surface area contributed by atoms with Gasteiger partial charge in [-0.3, -0.25) is 9.78 Å². The van der Waals surface area contributed by atoms with E-state index in [0.717, 1.165) is 12.1 Å². The summed E-state index contributed by atoms with van der Waals surface area (Å²) in [6.45, 7) is 3.38. The van der Waals surface area contributed by atoms with Gasteiger partial charge < -0.3 is 14.2 Å². The van der Waals surface area contributed by atoms with Gasteiger partial charge in [0, 0.05) is 31.4 Å². The lowest BCUT2D eigenvalue weighted by Gasteiger charge is -2.16. The number of benzene rings is 1. The van der Waals surface area contributed by atoms with Crippen LogP contribution in [0.3, 0.4) is 0 Å². The number of halogens is 1. The maximum Gasteiger partial charge on any atom is 0.255 e. The number of aromatic nitrogens is 3. The van der Waals surface area contributed by atoms with Gasteiger partial charge in [0.25, 0.3) is 5.91 Å². The smallest absolute Gasteiger partial charge is 0.255 e. The predicted molar refractivity (Wildman–Crippen MR) is 102 cm³/mol. The van der Waals surface area contributed by atoms with Gasteiger partial charge in [-0.05, 0) is 49.7 Å². The Morgan fingerprint density at radius 1 is 1.31 bits per heavy atom. The zero-order chi connectivity index (χ0) is 20.2. The van der Waals surface area contributed by atoms with Crippen molar-refractivity contribution in [3.63, 3.8) is 0 Å². The van der Waals surface area contributed by atoms with Crippen molar-refractivity contribution in [1.29, 1.82) is 0 Å². The maximum absolute atomic E-state index is 12.9. The number of likely N-dealkylation sites (tertiary alicyclic amines) is 1. The number of nitrogens with zero attached hydrogens (tertiary/aromatic N) is 4. The van der Waals surface area contributed by atoms with Crippen LogP contribution in [-0.2, 0) is 6.42 Å². The highest BCUT2D eigenvalue weighted by atomic mass is 19.1. The summed E-state index contributed by atoms with van der Waals surface area (Å²) < 4.78 is 23.9. The first-order valence-electron chi connectivity index (χ1n) is 9.52. The van der Waals surface area contributed by atoms with Crippen molar-refractivity contribution < 1.29 is 18.4 Å². The van der Waals surface area contributed by atoms with Gasteiger partial charge in [0.1, 0.15) is 11.6 Å². The van der Waals surface area contributed by atoms with Crippen LogP contribution >= 0.6 is 0 Å². The SMILES string of the molecule is Cc1ncccc1C(=O)N1CCC(c2nc(CCOc3ccc(F)cc3)no2)C1. The molecular weight excluding hydrogens is 375 g/mol. The van der Waals surface area contributed by atoms with Gasteiger partial charge in [-0.1, -0.05) is 5.16 Å². The van der Waals surface area contributed by atoms with Crippen LogP contribution in [0, 0.1) is 12.7 Å². The van der Waals surface area contributed by atoms with Crippen molar-refractivity contribution in [1.82, 2.24) is 20.0 Å². The van der Waals surface area contributed by atoms with Gasteiger partial charge in [-0.2, -0.15) is 4.98 Å². The number of aryl methyl sites for hydroxylation is 1. The summed E-state index contributed by atoms with van der Waals surface area (Å²) in [5, 5.41) is 4.01.